The molecule has 3 rings (SSSR count). The second kappa shape index (κ2) is 7.27. The molecule has 3 nitrogen and oxygen atoms in total. The molecule has 0 aliphatic carbocycles. The minimum Gasteiger partial charge on any atom is -0.326 e. The average molecular weight is 340 g/mol. The zero-order chi connectivity index (χ0) is 16.9. The topological polar surface area (TPSA) is 41.1 Å². The molecule has 0 aliphatic rings. The third-order valence-corrected chi connectivity index (χ3v) is 4.57. The fourth-order valence-electron chi connectivity index (χ4n) is 2.39. The molecule has 5 heteroatoms. The number of aryl methyl sites for hydroxylation is 1. The van der Waals surface area contributed by atoms with Crippen molar-refractivity contribution in [3.8, 4) is 0 Å². The maximum absolute atomic E-state index is 13.7. The Labute approximate surface area is 144 Å². The van der Waals surface area contributed by atoms with Crippen LogP contribution in [0.4, 0.5) is 14.9 Å². The van der Waals surface area contributed by atoms with Gasteiger partial charge in [-0.3, -0.25) is 0 Å². The Bertz CT molecular complexity index is 816. The second-order valence-corrected chi connectivity index (χ2v) is 6.42. The van der Waals surface area contributed by atoms with E-state index < -0.39 is 11.8 Å². The van der Waals surface area contributed by atoms with Crippen LogP contribution < -0.4 is 10.6 Å². The van der Waals surface area contributed by atoms with Crippen LogP contribution in [0, 0.1) is 12.7 Å². The first kappa shape index (κ1) is 16.2. The third kappa shape index (κ3) is 3.81. The van der Waals surface area contributed by atoms with Crippen LogP contribution in [0.5, 0.6) is 0 Å². The van der Waals surface area contributed by atoms with Gasteiger partial charge >= 0.3 is 6.03 Å². The Morgan fingerprint density at radius 2 is 1.79 bits per heavy atom. The van der Waals surface area contributed by atoms with E-state index in [0.29, 0.717) is 0 Å². The predicted octanol–water partition coefficient (Wildman–Crippen LogP) is 5.11. The van der Waals surface area contributed by atoms with Crippen LogP contribution in [0.2, 0.25) is 0 Å². The molecular weight excluding hydrogens is 323 g/mol. The number of hydrogen-bond acceptors (Lipinski definition) is 2. The minimum atomic E-state index is -0.462. The Morgan fingerprint density at radius 3 is 2.46 bits per heavy atom. The number of nitrogens with one attached hydrogen (secondary N) is 2. The van der Waals surface area contributed by atoms with E-state index >= 15 is 0 Å². The molecule has 24 heavy (non-hydrogen) atoms. The van der Waals surface area contributed by atoms with Gasteiger partial charge in [-0.15, -0.1) is 11.3 Å². The van der Waals surface area contributed by atoms with Gasteiger partial charge in [0.05, 0.1) is 11.7 Å². The van der Waals surface area contributed by atoms with Crippen LogP contribution in [0.3, 0.4) is 0 Å². The molecule has 2 N–H and O–H groups in total. The molecular formula is C19H17FN2OS. The summed E-state index contributed by atoms with van der Waals surface area (Å²) in [5.74, 6) is -0.462. The molecule has 0 unspecified atom stereocenters. The van der Waals surface area contributed by atoms with Gasteiger partial charge in [0.15, 0.2) is 0 Å². The summed E-state index contributed by atoms with van der Waals surface area (Å²) in [6, 6.07) is 17.3. The maximum atomic E-state index is 13.7. The van der Waals surface area contributed by atoms with Gasteiger partial charge in [-0.05, 0) is 36.1 Å². The smallest absolute Gasteiger partial charge is 0.320 e. The molecule has 0 saturated heterocycles. The number of amides is 2. The molecule has 2 amide bonds. The van der Waals surface area contributed by atoms with Crippen molar-refractivity contribution in [2.45, 2.75) is 13.0 Å². The molecule has 0 bridgehead atoms. The molecule has 0 spiro atoms. The lowest BCUT2D eigenvalue weighted by atomic mass is 10.0. The van der Waals surface area contributed by atoms with Gasteiger partial charge in [0.25, 0.3) is 0 Å². The number of anilines is 1. The summed E-state index contributed by atoms with van der Waals surface area (Å²) in [6.07, 6.45) is 0. The van der Waals surface area contributed by atoms with Crippen molar-refractivity contribution in [3.05, 3.63) is 87.9 Å². The lowest BCUT2D eigenvalue weighted by molar-refractivity contribution is 0.250. The Hall–Kier alpha value is -2.66. The van der Waals surface area contributed by atoms with Crippen LogP contribution in [-0.4, -0.2) is 6.03 Å². The molecule has 2 aromatic carbocycles. The van der Waals surface area contributed by atoms with Crippen molar-refractivity contribution in [2.24, 2.45) is 0 Å². The summed E-state index contributed by atoms with van der Waals surface area (Å²) in [5.41, 5.74) is 2.29. The predicted molar refractivity (Wildman–Crippen MR) is 95.9 cm³/mol. The van der Waals surface area contributed by atoms with Crippen LogP contribution >= 0.6 is 11.3 Å². The standard InChI is InChI=1S/C19H17FN2OS/c1-13-8-10-14(11-9-13)18(17-7-4-12-24-17)22-19(23)21-16-6-3-2-5-15(16)20/h2-12,18H,1H3,(H2,21,22,23)/t18-/m0/s1. The lowest BCUT2D eigenvalue weighted by Gasteiger charge is -2.19. The van der Waals surface area contributed by atoms with Crippen LogP contribution in [-0.2, 0) is 0 Å². The third-order valence-electron chi connectivity index (χ3n) is 3.64. The number of carbonyl (C=O) groups excluding carboxylic acids is 1. The van der Waals surface area contributed by atoms with E-state index in [-0.39, 0.29) is 11.7 Å². The molecule has 0 aliphatic heterocycles. The van der Waals surface area contributed by atoms with Crippen LogP contribution in [0.25, 0.3) is 0 Å². The van der Waals surface area contributed by atoms with Crippen LogP contribution in [0.15, 0.2) is 66.0 Å². The quantitative estimate of drug-likeness (QED) is 0.681. The zero-order valence-corrected chi connectivity index (χ0v) is 13.9. The fourth-order valence-corrected chi connectivity index (χ4v) is 3.19. The number of thiophene rings is 1. The first-order valence-corrected chi connectivity index (χ1v) is 8.43. The van der Waals surface area contributed by atoms with Gasteiger partial charge in [-0.2, -0.15) is 0 Å². The van der Waals surface area contributed by atoms with E-state index in [1.807, 2.05) is 48.7 Å². The van der Waals surface area contributed by atoms with E-state index in [9.17, 15) is 9.18 Å². The van der Waals surface area contributed by atoms with Crippen molar-refractivity contribution in [3.63, 3.8) is 0 Å². The summed E-state index contributed by atoms with van der Waals surface area (Å²) >= 11 is 1.56. The number of hydrogen-bond donors (Lipinski definition) is 2. The second-order valence-electron chi connectivity index (χ2n) is 5.44. The number of halogens is 1. The maximum Gasteiger partial charge on any atom is 0.320 e. The van der Waals surface area contributed by atoms with E-state index in [4.69, 9.17) is 0 Å². The largest absolute Gasteiger partial charge is 0.326 e. The van der Waals surface area contributed by atoms with Gasteiger partial charge in [-0.1, -0.05) is 48.0 Å². The molecule has 0 radical (unpaired) electrons. The van der Waals surface area contributed by atoms with Crippen molar-refractivity contribution < 1.29 is 9.18 Å². The highest BCUT2D eigenvalue weighted by molar-refractivity contribution is 7.10. The van der Waals surface area contributed by atoms with Crippen molar-refractivity contribution in [2.75, 3.05) is 5.32 Å². The summed E-state index contributed by atoms with van der Waals surface area (Å²) in [6.45, 7) is 2.02. The number of para-hydroxylation sites is 1. The number of carbonyl (C=O) groups is 1. The lowest BCUT2D eigenvalue weighted by Crippen LogP contribution is -2.33. The molecule has 0 saturated carbocycles. The SMILES string of the molecule is Cc1ccc([C@H](NC(=O)Nc2ccccc2F)c2cccs2)cc1. The van der Waals surface area contributed by atoms with E-state index in [2.05, 4.69) is 10.6 Å². The van der Waals surface area contributed by atoms with E-state index in [0.717, 1.165) is 16.0 Å². The van der Waals surface area contributed by atoms with Gasteiger partial charge in [0, 0.05) is 4.88 Å². The van der Waals surface area contributed by atoms with Gasteiger partial charge in [0.2, 0.25) is 0 Å². The Morgan fingerprint density at radius 1 is 1.04 bits per heavy atom. The molecule has 1 aromatic heterocycles. The summed E-state index contributed by atoms with van der Waals surface area (Å²) in [5, 5.41) is 7.45. The first-order chi connectivity index (χ1) is 11.6. The van der Waals surface area contributed by atoms with Crippen molar-refractivity contribution in [1.29, 1.82) is 0 Å². The van der Waals surface area contributed by atoms with Crippen LogP contribution in [0.1, 0.15) is 22.0 Å². The monoisotopic (exact) mass is 340 g/mol. The Kier molecular flexibility index (Phi) is 4.91. The molecule has 1 heterocycles. The van der Waals surface area contributed by atoms with Gasteiger partial charge in [0.1, 0.15) is 5.82 Å². The van der Waals surface area contributed by atoms with Gasteiger partial charge in [-0.25, -0.2) is 9.18 Å². The molecule has 1 atom stereocenters. The number of urea groups is 1. The van der Waals surface area contributed by atoms with E-state index in [1.165, 1.54) is 12.1 Å². The number of benzene rings is 2. The molecule has 0 fully saturated rings. The number of rotatable bonds is 4. The molecule has 3 aromatic rings. The normalized spacial score (nSPS) is 11.8. The highest BCUT2D eigenvalue weighted by Gasteiger charge is 2.18. The zero-order valence-electron chi connectivity index (χ0n) is 13.1. The fraction of sp³-hybridized carbons (Fsp3) is 0.105. The summed E-state index contributed by atoms with van der Waals surface area (Å²) in [4.78, 5) is 13.3. The minimum absolute atomic E-state index is 0.156. The highest BCUT2D eigenvalue weighted by atomic mass is 32.1. The summed E-state index contributed by atoms with van der Waals surface area (Å²) in [7, 11) is 0. The Balaban J connectivity index is 1.81. The van der Waals surface area contributed by atoms with Gasteiger partial charge < -0.3 is 10.6 Å². The van der Waals surface area contributed by atoms with E-state index in [1.54, 1.807) is 23.5 Å². The van der Waals surface area contributed by atoms with Crippen molar-refractivity contribution >= 4 is 23.1 Å². The highest BCUT2D eigenvalue weighted by Crippen LogP contribution is 2.26. The summed E-state index contributed by atoms with van der Waals surface area (Å²) < 4.78 is 13.7. The first-order valence-electron chi connectivity index (χ1n) is 7.55. The van der Waals surface area contributed by atoms with Crippen molar-refractivity contribution in [1.82, 2.24) is 5.32 Å². The average Bonchev–Trinajstić information content (AvgIpc) is 3.10. The molecule has 122 valence electrons.